The Labute approximate surface area is 134 Å². The molecule has 21 heavy (non-hydrogen) atoms. The van der Waals surface area contributed by atoms with Crippen molar-refractivity contribution in [1.29, 1.82) is 5.26 Å². The summed E-state index contributed by atoms with van der Waals surface area (Å²) in [6.07, 6.45) is 7.01. The van der Waals surface area contributed by atoms with Crippen LogP contribution in [0.2, 0.25) is 0 Å². The minimum absolute atomic E-state index is 0.416. The molecular weight excluding hydrogens is 302 g/mol. The summed E-state index contributed by atoms with van der Waals surface area (Å²) >= 11 is 8.07. The van der Waals surface area contributed by atoms with Crippen LogP contribution in [0.4, 0.5) is 0 Å². The molecule has 0 unspecified atom stereocenters. The summed E-state index contributed by atoms with van der Waals surface area (Å²) < 4.78 is 2.28. The van der Waals surface area contributed by atoms with E-state index < -0.39 is 0 Å². The molecule has 0 spiro atoms. The van der Waals surface area contributed by atoms with Crippen molar-refractivity contribution in [3.05, 3.63) is 29.6 Å². The van der Waals surface area contributed by atoms with E-state index in [9.17, 15) is 0 Å². The first kappa shape index (κ1) is 14.7. The molecule has 110 valence electrons. The third-order valence-electron chi connectivity index (χ3n) is 4.35. The van der Waals surface area contributed by atoms with E-state index in [0.717, 1.165) is 34.9 Å². The fourth-order valence-corrected chi connectivity index (χ4v) is 4.19. The molecule has 0 amide bonds. The SMILES string of the molecule is CSC1CCC(n2c(CCl)nc3ccc(C#N)cc32)CC1. The van der Waals surface area contributed by atoms with Crippen LogP contribution in [0, 0.1) is 11.3 Å². The lowest BCUT2D eigenvalue weighted by atomic mass is 9.94. The lowest BCUT2D eigenvalue weighted by Gasteiger charge is -2.29. The maximum absolute atomic E-state index is 9.12. The smallest absolute Gasteiger partial charge is 0.125 e. The van der Waals surface area contributed by atoms with E-state index in [2.05, 4.69) is 21.9 Å². The van der Waals surface area contributed by atoms with Crippen molar-refractivity contribution in [3.8, 4) is 6.07 Å². The fourth-order valence-electron chi connectivity index (χ4n) is 3.25. The van der Waals surface area contributed by atoms with Crippen LogP contribution in [0.15, 0.2) is 18.2 Å². The van der Waals surface area contributed by atoms with Crippen LogP contribution in [-0.2, 0) is 5.88 Å². The zero-order valence-corrected chi connectivity index (χ0v) is 13.6. The Balaban J connectivity index is 2.02. The molecule has 5 heteroatoms. The van der Waals surface area contributed by atoms with Gasteiger partial charge in [0.2, 0.25) is 0 Å². The molecule has 2 aromatic rings. The van der Waals surface area contributed by atoms with Crippen LogP contribution >= 0.6 is 23.4 Å². The Bertz CT molecular complexity index is 681. The maximum Gasteiger partial charge on any atom is 0.125 e. The van der Waals surface area contributed by atoms with E-state index in [-0.39, 0.29) is 0 Å². The minimum Gasteiger partial charge on any atom is -0.324 e. The normalized spacial score (nSPS) is 22.3. The first-order valence-corrected chi connectivity index (χ1v) is 9.08. The predicted octanol–water partition coefficient (Wildman–Crippen LogP) is 4.49. The number of benzene rings is 1. The van der Waals surface area contributed by atoms with Crippen molar-refractivity contribution in [2.45, 2.75) is 42.9 Å². The zero-order valence-electron chi connectivity index (χ0n) is 12.1. The lowest BCUT2D eigenvalue weighted by Crippen LogP contribution is -2.20. The Kier molecular flexibility index (Phi) is 4.42. The Morgan fingerprint density at radius 3 is 2.76 bits per heavy atom. The number of aromatic nitrogens is 2. The highest BCUT2D eigenvalue weighted by Gasteiger charge is 2.25. The minimum atomic E-state index is 0.416. The van der Waals surface area contributed by atoms with Crippen molar-refractivity contribution >= 4 is 34.4 Å². The summed E-state index contributed by atoms with van der Waals surface area (Å²) in [5.41, 5.74) is 2.68. The Morgan fingerprint density at radius 1 is 1.38 bits per heavy atom. The molecule has 1 aliphatic rings. The number of hydrogen-bond donors (Lipinski definition) is 0. The Morgan fingerprint density at radius 2 is 2.14 bits per heavy atom. The number of nitriles is 1. The van der Waals surface area contributed by atoms with Gasteiger partial charge in [0, 0.05) is 11.3 Å². The van der Waals surface area contributed by atoms with E-state index >= 15 is 0 Å². The summed E-state index contributed by atoms with van der Waals surface area (Å²) in [7, 11) is 0. The van der Waals surface area contributed by atoms with E-state index in [1.54, 1.807) is 0 Å². The molecule has 1 heterocycles. The first-order chi connectivity index (χ1) is 10.3. The summed E-state index contributed by atoms with van der Waals surface area (Å²) in [5, 5.41) is 9.90. The summed E-state index contributed by atoms with van der Waals surface area (Å²) in [6.45, 7) is 0. The number of halogens is 1. The van der Waals surface area contributed by atoms with Gasteiger partial charge in [-0.25, -0.2) is 4.98 Å². The van der Waals surface area contributed by atoms with Gasteiger partial charge in [-0.1, -0.05) is 0 Å². The van der Waals surface area contributed by atoms with Crippen molar-refractivity contribution in [1.82, 2.24) is 9.55 Å². The number of alkyl halides is 1. The quantitative estimate of drug-likeness (QED) is 0.782. The molecule has 0 bridgehead atoms. The molecule has 1 aliphatic carbocycles. The number of rotatable bonds is 3. The van der Waals surface area contributed by atoms with Crippen molar-refractivity contribution < 1.29 is 0 Å². The molecule has 3 nitrogen and oxygen atoms in total. The number of imidazole rings is 1. The second-order valence-electron chi connectivity index (χ2n) is 5.51. The Hall–Kier alpha value is -1.18. The number of thioether (sulfide) groups is 1. The van der Waals surface area contributed by atoms with Gasteiger partial charge in [-0.15, -0.1) is 11.6 Å². The molecule has 0 aliphatic heterocycles. The van der Waals surface area contributed by atoms with E-state index in [1.165, 1.54) is 12.8 Å². The second-order valence-corrected chi connectivity index (χ2v) is 6.92. The molecule has 1 aromatic carbocycles. The lowest BCUT2D eigenvalue weighted by molar-refractivity contribution is 0.361. The monoisotopic (exact) mass is 319 g/mol. The van der Waals surface area contributed by atoms with E-state index in [4.69, 9.17) is 16.9 Å². The van der Waals surface area contributed by atoms with Crippen molar-refractivity contribution in [2.24, 2.45) is 0 Å². The highest BCUT2D eigenvalue weighted by molar-refractivity contribution is 7.99. The largest absolute Gasteiger partial charge is 0.324 e. The number of hydrogen-bond acceptors (Lipinski definition) is 3. The first-order valence-electron chi connectivity index (χ1n) is 7.26. The second kappa shape index (κ2) is 6.29. The van der Waals surface area contributed by atoms with Crippen LogP contribution < -0.4 is 0 Å². The van der Waals surface area contributed by atoms with Gasteiger partial charge in [0.15, 0.2) is 0 Å². The van der Waals surface area contributed by atoms with Gasteiger partial charge < -0.3 is 4.57 Å². The third kappa shape index (κ3) is 2.77. The average molecular weight is 320 g/mol. The predicted molar refractivity (Wildman–Crippen MR) is 88.8 cm³/mol. The van der Waals surface area contributed by atoms with Crippen molar-refractivity contribution in [3.63, 3.8) is 0 Å². The molecular formula is C16H18ClN3S. The molecule has 3 rings (SSSR count). The zero-order chi connectivity index (χ0) is 14.8. The molecule has 0 radical (unpaired) electrons. The molecule has 0 atom stereocenters. The molecule has 0 saturated heterocycles. The summed E-state index contributed by atoms with van der Waals surface area (Å²) in [5.74, 6) is 1.34. The van der Waals surface area contributed by atoms with Crippen LogP contribution in [0.1, 0.15) is 43.1 Å². The van der Waals surface area contributed by atoms with Crippen LogP contribution in [0.3, 0.4) is 0 Å². The van der Waals surface area contributed by atoms with Crippen molar-refractivity contribution in [2.75, 3.05) is 6.26 Å². The van der Waals surface area contributed by atoms with Gasteiger partial charge in [-0.3, -0.25) is 0 Å². The molecule has 1 fully saturated rings. The van der Waals surface area contributed by atoms with Crippen LogP contribution in [-0.4, -0.2) is 21.1 Å². The van der Waals surface area contributed by atoms with Gasteiger partial charge in [-0.2, -0.15) is 17.0 Å². The van der Waals surface area contributed by atoms with Gasteiger partial charge in [0.1, 0.15) is 5.82 Å². The third-order valence-corrected chi connectivity index (χ3v) is 5.73. The maximum atomic E-state index is 9.12. The molecule has 1 aromatic heterocycles. The summed E-state index contributed by atoms with van der Waals surface area (Å²) in [6, 6.07) is 8.36. The topological polar surface area (TPSA) is 41.6 Å². The van der Waals surface area contributed by atoms with Crippen LogP contribution in [0.5, 0.6) is 0 Å². The average Bonchev–Trinajstić information content (AvgIpc) is 2.92. The van der Waals surface area contributed by atoms with E-state index in [0.29, 0.717) is 17.5 Å². The fraction of sp³-hybridized carbons (Fsp3) is 0.500. The van der Waals surface area contributed by atoms with E-state index in [1.807, 2.05) is 30.0 Å². The van der Waals surface area contributed by atoms with Crippen LogP contribution in [0.25, 0.3) is 11.0 Å². The van der Waals surface area contributed by atoms with Gasteiger partial charge in [0.05, 0.1) is 28.5 Å². The van der Waals surface area contributed by atoms with Gasteiger partial charge in [0.25, 0.3) is 0 Å². The van der Waals surface area contributed by atoms with Gasteiger partial charge >= 0.3 is 0 Å². The number of nitrogens with zero attached hydrogens (tertiary/aromatic N) is 3. The standard InChI is InChI=1S/C16H18ClN3S/c1-21-13-5-3-12(4-6-13)20-15-8-11(10-18)2-7-14(15)19-16(20)9-17/h2,7-8,12-13H,3-6,9H2,1H3. The van der Waals surface area contributed by atoms with Gasteiger partial charge in [-0.05, 0) is 50.1 Å². The molecule has 1 saturated carbocycles. The highest BCUT2D eigenvalue weighted by Crippen LogP contribution is 2.36. The molecule has 0 N–H and O–H groups in total. The highest BCUT2D eigenvalue weighted by atomic mass is 35.5. The number of fused-ring (bicyclic) bond motifs is 1. The summed E-state index contributed by atoms with van der Waals surface area (Å²) in [4.78, 5) is 4.64.